The molecule has 1 aromatic rings. The molecule has 1 fully saturated rings. The lowest BCUT2D eigenvalue weighted by Gasteiger charge is -2.25. The molecule has 1 aromatic heterocycles. The third kappa shape index (κ3) is 3.20. The van der Waals surface area contributed by atoms with Gasteiger partial charge in [0, 0.05) is 25.3 Å². The molecule has 2 heterocycles. The Morgan fingerprint density at radius 1 is 1.40 bits per heavy atom. The number of amides is 1. The second-order valence-corrected chi connectivity index (χ2v) is 6.83. The van der Waals surface area contributed by atoms with Crippen molar-refractivity contribution in [1.82, 2.24) is 14.6 Å². The Balaban J connectivity index is 2.17. The van der Waals surface area contributed by atoms with E-state index in [2.05, 4.69) is 10.3 Å². The average molecular weight is 301 g/mol. The van der Waals surface area contributed by atoms with Crippen molar-refractivity contribution in [2.24, 2.45) is 0 Å². The van der Waals surface area contributed by atoms with Crippen molar-refractivity contribution in [2.45, 2.75) is 24.8 Å². The fourth-order valence-corrected chi connectivity index (χ4v) is 3.33. The van der Waals surface area contributed by atoms with E-state index in [1.165, 1.54) is 16.6 Å². The van der Waals surface area contributed by atoms with Crippen LogP contribution in [0.1, 0.15) is 24.3 Å². The van der Waals surface area contributed by atoms with E-state index < -0.39 is 10.0 Å². The van der Waals surface area contributed by atoms with Crippen LogP contribution in [0.5, 0.6) is 0 Å². The van der Waals surface area contributed by atoms with Crippen LogP contribution < -0.4 is 5.32 Å². The number of carbonyl (C=O) groups excluding carboxylic acids is 1. The van der Waals surface area contributed by atoms with Gasteiger partial charge in [-0.15, -0.1) is 0 Å². The van der Waals surface area contributed by atoms with E-state index in [-0.39, 0.29) is 22.5 Å². The number of carbonyl (C=O) groups is 1. The summed E-state index contributed by atoms with van der Waals surface area (Å²) in [7, 11) is -3.56. The molecule has 0 unspecified atom stereocenters. The Hall–Kier alpha value is -1.38. The zero-order valence-electron chi connectivity index (χ0n) is 11.5. The van der Waals surface area contributed by atoms with Crippen LogP contribution in [0.3, 0.4) is 0 Å². The molecule has 0 bridgehead atoms. The van der Waals surface area contributed by atoms with Crippen molar-refractivity contribution >= 4 is 15.9 Å². The summed E-state index contributed by atoms with van der Waals surface area (Å²) < 4.78 is 31.2. The number of aromatic amines is 1. The van der Waals surface area contributed by atoms with Gasteiger partial charge in [0.1, 0.15) is 10.6 Å². The van der Waals surface area contributed by atoms with Gasteiger partial charge in [-0.25, -0.2) is 8.42 Å². The predicted molar refractivity (Wildman–Crippen MR) is 73.0 cm³/mol. The molecule has 1 aliphatic rings. The molecule has 1 amide bonds. The van der Waals surface area contributed by atoms with E-state index in [1.807, 2.05) is 13.8 Å². The molecule has 0 radical (unpaired) electrons. The number of nitrogens with zero attached hydrogens (tertiary/aromatic N) is 1. The minimum atomic E-state index is -3.56. The van der Waals surface area contributed by atoms with Crippen LogP contribution in [0.2, 0.25) is 0 Å². The predicted octanol–water partition coefficient (Wildman–Crippen LogP) is 0.174. The molecule has 1 aliphatic heterocycles. The second-order valence-electron chi connectivity index (χ2n) is 4.89. The summed E-state index contributed by atoms with van der Waals surface area (Å²) >= 11 is 0. The maximum absolute atomic E-state index is 12.4. The van der Waals surface area contributed by atoms with Gasteiger partial charge in [-0.3, -0.25) is 4.79 Å². The molecule has 0 atom stereocenters. The molecular formula is C12H19N3O4S. The monoisotopic (exact) mass is 301 g/mol. The lowest BCUT2D eigenvalue weighted by Crippen LogP contribution is -2.40. The Kier molecular flexibility index (Phi) is 4.46. The van der Waals surface area contributed by atoms with Gasteiger partial charge >= 0.3 is 0 Å². The highest BCUT2D eigenvalue weighted by atomic mass is 32.2. The molecule has 0 aliphatic carbocycles. The molecule has 112 valence electrons. The molecule has 8 heteroatoms. The van der Waals surface area contributed by atoms with Gasteiger partial charge in [-0.05, 0) is 19.9 Å². The molecule has 2 rings (SSSR count). The number of hydrogen-bond acceptors (Lipinski definition) is 4. The summed E-state index contributed by atoms with van der Waals surface area (Å²) in [5.74, 6) is -0.316. The van der Waals surface area contributed by atoms with Gasteiger partial charge in [0.2, 0.25) is 10.0 Å². The number of nitrogens with one attached hydrogen (secondary N) is 2. The largest absolute Gasteiger partial charge is 0.379 e. The van der Waals surface area contributed by atoms with Crippen molar-refractivity contribution < 1.29 is 17.9 Å². The van der Waals surface area contributed by atoms with Crippen molar-refractivity contribution in [2.75, 3.05) is 26.3 Å². The van der Waals surface area contributed by atoms with E-state index in [0.29, 0.717) is 26.3 Å². The summed E-state index contributed by atoms with van der Waals surface area (Å²) in [6, 6.07) is 1.35. The first-order valence-electron chi connectivity index (χ1n) is 6.48. The van der Waals surface area contributed by atoms with Crippen molar-refractivity contribution in [1.29, 1.82) is 0 Å². The van der Waals surface area contributed by atoms with E-state index >= 15 is 0 Å². The molecular weight excluding hydrogens is 282 g/mol. The lowest BCUT2D eigenvalue weighted by atomic mass is 10.3. The highest BCUT2D eigenvalue weighted by Crippen LogP contribution is 2.18. The van der Waals surface area contributed by atoms with Gasteiger partial charge in [0.25, 0.3) is 5.91 Å². The summed E-state index contributed by atoms with van der Waals surface area (Å²) in [5.41, 5.74) is 0.241. The zero-order valence-corrected chi connectivity index (χ0v) is 12.4. The van der Waals surface area contributed by atoms with Crippen LogP contribution >= 0.6 is 0 Å². The first-order chi connectivity index (χ1) is 9.41. The Morgan fingerprint density at radius 2 is 2.05 bits per heavy atom. The number of sulfonamides is 1. The number of morpholine rings is 1. The van der Waals surface area contributed by atoms with Gasteiger partial charge in [0.05, 0.1) is 13.2 Å². The molecule has 2 N–H and O–H groups in total. The van der Waals surface area contributed by atoms with Crippen molar-refractivity contribution in [3.05, 3.63) is 18.0 Å². The number of aromatic nitrogens is 1. The van der Waals surface area contributed by atoms with Gasteiger partial charge < -0.3 is 15.0 Å². The average Bonchev–Trinajstić information content (AvgIpc) is 2.89. The minimum absolute atomic E-state index is 0.00917. The summed E-state index contributed by atoms with van der Waals surface area (Å²) in [5, 5.41) is 2.70. The Morgan fingerprint density at radius 3 is 2.65 bits per heavy atom. The van der Waals surface area contributed by atoms with E-state index in [0.717, 1.165) is 0 Å². The SMILES string of the molecule is CC(C)NC(=O)c1cc(S(=O)(=O)N2CCOCC2)c[nH]1. The van der Waals surface area contributed by atoms with Crippen LogP contribution in [0, 0.1) is 0 Å². The van der Waals surface area contributed by atoms with Crippen LogP contribution in [-0.4, -0.2) is 56.0 Å². The van der Waals surface area contributed by atoms with Gasteiger partial charge in [-0.1, -0.05) is 0 Å². The number of H-pyrrole nitrogens is 1. The second kappa shape index (κ2) is 5.94. The normalized spacial score (nSPS) is 17.4. The first kappa shape index (κ1) is 15.0. The zero-order chi connectivity index (χ0) is 14.8. The number of rotatable bonds is 4. The molecule has 7 nitrogen and oxygen atoms in total. The minimum Gasteiger partial charge on any atom is -0.379 e. The smallest absolute Gasteiger partial charge is 0.267 e. The third-order valence-electron chi connectivity index (χ3n) is 2.93. The topological polar surface area (TPSA) is 91.5 Å². The fraction of sp³-hybridized carbons (Fsp3) is 0.583. The van der Waals surface area contributed by atoms with E-state index in [4.69, 9.17) is 4.74 Å². The molecule has 0 saturated carbocycles. The number of hydrogen-bond donors (Lipinski definition) is 2. The third-order valence-corrected chi connectivity index (χ3v) is 4.81. The Labute approximate surface area is 118 Å². The molecule has 0 spiro atoms. The fourth-order valence-electron chi connectivity index (χ4n) is 1.93. The molecule has 20 heavy (non-hydrogen) atoms. The van der Waals surface area contributed by atoms with Gasteiger partial charge in [0.15, 0.2) is 0 Å². The standard InChI is InChI=1S/C12H19N3O4S/c1-9(2)14-12(16)11-7-10(8-13-11)20(17,18)15-3-5-19-6-4-15/h7-9,13H,3-6H2,1-2H3,(H,14,16). The van der Waals surface area contributed by atoms with Crippen LogP contribution in [0.4, 0.5) is 0 Å². The van der Waals surface area contributed by atoms with Crippen LogP contribution in [0.25, 0.3) is 0 Å². The summed E-state index contributed by atoms with van der Waals surface area (Å²) in [6.07, 6.45) is 1.35. The lowest BCUT2D eigenvalue weighted by molar-refractivity contribution is 0.0730. The molecule has 1 saturated heterocycles. The first-order valence-corrected chi connectivity index (χ1v) is 7.92. The van der Waals surface area contributed by atoms with Crippen LogP contribution in [0.15, 0.2) is 17.2 Å². The summed E-state index contributed by atoms with van der Waals surface area (Å²) in [4.78, 5) is 14.6. The van der Waals surface area contributed by atoms with Crippen molar-refractivity contribution in [3.63, 3.8) is 0 Å². The number of ether oxygens (including phenoxy) is 1. The van der Waals surface area contributed by atoms with E-state index in [1.54, 1.807) is 0 Å². The van der Waals surface area contributed by atoms with Gasteiger partial charge in [-0.2, -0.15) is 4.31 Å². The molecule has 0 aromatic carbocycles. The highest BCUT2D eigenvalue weighted by Gasteiger charge is 2.27. The highest BCUT2D eigenvalue weighted by molar-refractivity contribution is 7.89. The van der Waals surface area contributed by atoms with Crippen molar-refractivity contribution in [3.8, 4) is 0 Å². The van der Waals surface area contributed by atoms with Crippen LogP contribution in [-0.2, 0) is 14.8 Å². The summed E-state index contributed by atoms with van der Waals surface area (Å²) in [6.45, 7) is 5.13. The quantitative estimate of drug-likeness (QED) is 0.829. The van der Waals surface area contributed by atoms with E-state index in [9.17, 15) is 13.2 Å². The maximum atomic E-state index is 12.4. The maximum Gasteiger partial charge on any atom is 0.267 e. The Bertz CT molecular complexity index is 573.